The zero-order chi connectivity index (χ0) is 7.28. The molecule has 0 aliphatic rings. The molecule has 0 unspecified atom stereocenters. The molecule has 0 aliphatic carbocycles. The highest BCUT2D eigenvalue weighted by atomic mass is 32.1. The Kier molecular flexibility index (Phi) is 4.22. The normalized spacial score (nSPS) is 8.67. The van der Waals surface area contributed by atoms with E-state index in [-0.39, 0.29) is 5.78 Å². The number of nitrogens with one attached hydrogen (secondary N) is 1. The van der Waals surface area contributed by atoms with Gasteiger partial charge in [0.05, 0.1) is 4.99 Å². The third-order valence-electron chi connectivity index (χ3n) is 0.983. The van der Waals surface area contributed by atoms with Gasteiger partial charge in [-0.1, -0.05) is 12.2 Å². The maximum Gasteiger partial charge on any atom is 0.130 e. The van der Waals surface area contributed by atoms with Crippen molar-refractivity contribution in [1.29, 1.82) is 0 Å². The van der Waals surface area contributed by atoms with Crippen LogP contribution in [0.3, 0.4) is 0 Å². The highest BCUT2D eigenvalue weighted by molar-refractivity contribution is 7.80. The number of carbonyl (C=O) groups excluding carboxylic acids is 1. The largest absolute Gasteiger partial charge is 0.383 e. The number of Topliss-reactive ketones (excluding diaryl/α,β-unsaturated/α-hetero) is 1. The quantitative estimate of drug-likeness (QED) is 0.598. The molecular weight excluding hydrogens is 134 g/mol. The van der Waals surface area contributed by atoms with Crippen molar-refractivity contribution in [2.24, 2.45) is 0 Å². The molecule has 0 saturated heterocycles. The maximum atomic E-state index is 10.4. The molecule has 9 heavy (non-hydrogen) atoms. The van der Waals surface area contributed by atoms with E-state index < -0.39 is 0 Å². The highest BCUT2D eigenvalue weighted by Crippen LogP contribution is 1.90. The van der Waals surface area contributed by atoms with Crippen LogP contribution in [0.15, 0.2) is 0 Å². The number of hydrogen-bond donors (Lipinski definition) is 1. The smallest absolute Gasteiger partial charge is 0.130 e. The third kappa shape index (κ3) is 5.43. The molecule has 0 atom stereocenters. The van der Waals surface area contributed by atoms with Gasteiger partial charge in [0.15, 0.2) is 0 Å². The third-order valence-corrected chi connectivity index (χ3v) is 1.39. The molecule has 0 spiro atoms. The van der Waals surface area contributed by atoms with E-state index in [0.29, 0.717) is 12.8 Å². The van der Waals surface area contributed by atoms with Crippen LogP contribution in [0.4, 0.5) is 0 Å². The Labute approximate surface area is 60.6 Å². The Balaban J connectivity index is 3.28. The van der Waals surface area contributed by atoms with E-state index in [0.717, 1.165) is 4.99 Å². The zero-order valence-corrected chi connectivity index (χ0v) is 6.55. The minimum absolute atomic E-state index is 0.188. The summed E-state index contributed by atoms with van der Waals surface area (Å²) < 4.78 is 0. The van der Waals surface area contributed by atoms with E-state index in [1.807, 2.05) is 0 Å². The lowest BCUT2D eigenvalue weighted by Crippen LogP contribution is -2.15. The minimum atomic E-state index is 0.188. The molecule has 0 bridgehead atoms. The molecule has 0 aromatic carbocycles. The Morgan fingerprint density at radius 1 is 1.56 bits per heavy atom. The number of carbonyl (C=O) groups is 1. The number of ketones is 1. The van der Waals surface area contributed by atoms with E-state index in [4.69, 9.17) is 12.2 Å². The molecule has 0 rings (SSSR count). The van der Waals surface area contributed by atoms with Gasteiger partial charge >= 0.3 is 0 Å². The first kappa shape index (κ1) is 8.56. The van der Waals surface area contributed by atoms with E-state index in [1.54, 1.807) is 14.0 Å². The van der Waals surface area contributed by atoms with Gasteiger partial charge in [-0.3, -0.25) is 0 Å². The van der Waals surface area contributed by atoms with Gasteiger partial charge in [-0.05, 0) is 6.92 Å². The van der Waals surface area contributed by atoms with Crippen molar-refractivity contribution in [1.82, 2.24) is 5.32 Å². The number of rotatable bonds is 3. The van der Waals surface area contributed by atoms with Crippen LogP contribution >= 0.6 is 12.2 Å². The lowest BCUT2D eigenvalue weighted by molar-refractivity contribution is -0.116. The fourth-order valence-electron chi connectivity index (χ4n) is 0.415. The summed E-state index contributed by atoms with van der Waals surface area (Å²) in [5, 5.41) is 2.80. The van der Waals surface area contributed by atoms with E-state index in [9.17, 15) is 4.79 Å². The van der Waals surface area contributed by atoms with Crippen LogP contribution in [0.5, 0.6) is 0 Å². The summed E-state index contributed by atoms with van der Waals surface area (Å²) in [7, 11) is 1.77. The van der Waals surface area contributed by atoms with Crippen LogP contribution < -0.4 is 5.32 Å². The topological polar surface area (TPSA) is 29.1 Å². The standard InChI is InChI=1S/C6H11NOS/c1-5(8)3-4-6(9)7-2/h3-4H2,1-2H3,(H,7,9). The maximum absolute atomic E-state index is 10.4. The van der Waals surface area contributed by atoms with E-state index >= 15 is 0 Å². The van der Waals surface area contributed by atoms with Gasteiger partial charge in [0.1, 0.15) is 5.78 Å². The second-order valence-corrected chi connectivity index (χ2v) is 2.37. The number of thiocarbonyl (C=S) groups is 1. The second-order valence-electron chi connectivity index (χ2n) is 1.88. The molecule has 0 fully saturated rings. The van der Waals surface area contributed by atoms with Gasteiger partial charge in [-0.15, -0.1) is 0 Å². The second kappa shape index (κ2) is 4.44. The van der Waals surface area contributed by atoms with Gasteiger partial charge in [0.25, 0.3) is 0 Å². The summed E-state index contributed by atoms with van der Waals surface area (Å²) >= 11 is 4.81. The molecule has 1 N–H and O–H groups in total. The monoisotopic (exact) mass is 145 g/mol. The van der Waals surface area contributed by atoms with Crippen molar-refractivity contribution in [3.05, 3.63) is 0 Å². The molecule has 0 radical (unpaired) electrons. The van der Waals surface area contributed by atoms with Crippen LogP contribution in [-0.2, 0) is 4.79 Å². The van der Waals surface area contributed by atoms with Crippen LogP contribution in [0, 0.1) is 0 Å². The zero-order valence-electron chi connectivity index (χ0n) is 5.73. The first-order chi connectivity index (χ1) is 4.16. The Hall–Kier alpha value is -0.440. The van der Waals surface area contributed by atoms with Crippen LogP contribution in [0.2, 0.25) is 0 Å². The molecule has 0 aromatic heterocycles. The average Bonchev–Trinajstić information content (AvgIpc) is 1.83. The first-order valence-corrected chi connectivity index (χ1v) is 3.27. The fourth-order valence-corrected chi connectivity index (χ4v) is 0.517. The highest BCUT2D eigenvalue weighted by Gasteiger charge is 1.95. The summed E-state index contributed by atoms with van der Waals surface area (Å²) in [6.07, 6.45) is 1.24. The van der Waals surface area contributed by atoms with Crippen molar-refractivity contribution in [3.63, 3.8) is 0 Å². The van der Waals surface area contributed by atoms with E-state index in [2.05, 4.69) is 5.32 Å². The predicted molar refractivity (Wildman–Crippen MR) is 41.6 cm³/mol. The van der Waals surface area contributed by atoms with Crippen LogP contribution in [0.25, 0.3) is 0 Å². The Bertz CT molecular complexity index is 122. The molecule has 0 aromatic rings. The van der Waals surface area contributed by atoms with Gasteiger partial charge in [0, 0.05) is 19.9 Å². The summed E-state index contributed by atoms with van der Waals surface area (Å²) in [6, 6.07) is 0. The van der Waals surface area contributed by atoms with Crippen LogP contribution in [0.1, 0.15) is 19.8 Å². The summed E-state index contributed by atoms with van der Waals surface area (Å²) in [5.41, 5.74) is 0. The lowest BCUT2D eigenvalue weighted by Gasteiger charge is -1.97. The average molecular weight is 145 g/mol. The molecular formula is C6H11NOS. The van der Waals surface area contributed by atoms with E-state index in [1.165, 1.54) is 0 Å². The Morgan fingerprint density at radius 2 is 2.11 bits per heavy atom. The van der Waals surface area contributed by atoms with Gasteiger partial charge < -0.3 is 10.1 Å². The van der Waals surface area contributed by atoms with Crippen molar-refractivity contribution in [3.8, 4) is 0 Å². The predicted octanol–water partition coefficient (Wildman–Crippen LogP) is 0.902. The molecule has 0 aliphatic heterocycles. The van der Waals surface area contributed by atoms with Crippen molar-refractivity contribution < 1.29 is 4.79 Å². The van der Waals surface area contributed by atoms with Gasteiger partial charge in [-0.25, -0.2) is 0 Å². The fraction of sp³-hybridized carbons (Fsp3) is 0.667. The number of hydrogen-bond acceptors (Lipinski definition) is 2. The van der Waals surface area contributed by atoms with Crippen molar-refractivity contribution in [2.75, 3.05) is 7.05 Å². The summed E-state index contributed by atoms with van der Waals surface area (Å²) in [6.45, 7) is 1.57. The molecule has 0 saturated carbocycles. The lowest BCUT2D eigenvalue weighted by atomic mass is 10.2. The first-order valence-electron chi connectivity index (χ1n) is 2.87. The van der Waals surface area contributed by atoms with Crippen molar-refractivity contribution >= 4 is 23.0 Å². The molecule has 2 nitrogen and oxygen atoms in total. The van der Waals surface area contributed by atoms with Gasteiger partial charge in [0.2, 0.25) is 0 Å². The summed E-state index contributed by atoms with van der Waals surface area (Å²) in [5.74, 6) is 0.188. The molecule has 0 amide bonds. The molecule has 52 valence electrons. The van der Waals surface area contributed by atoms with Gasteiger partial charge in [-0.2, -0.15) is 0 Å². The SMILES string of the molecule is CNC(=S)CCC(C)=O. The molecule has 3 heteroatoms. The summed E-state index contributed by atoms with van der Waals surface area (Å²) in [4.78, 5) is 11.1. The van der Waals surface area contributed by atoms with Crippen LogP contribution in [-0.4, -0.2) is 17.8 Å². The molecule has 0 heterocycles. The van der Waals surface area contributed by atoms with Crippen molar-refractivity contribution in [2.45, 2.75) is 19.8 Å². The Morgan fingerprint density at radius 3 is 2.44 bits per heavy atom. The minimum Gasteiger partial charge on any atom is -0.383 e.